The van der Waals surface area contributed by atoms with E-state index in [0.29, 0.717) is 19.4 Å². The first-order valence-corrected chi connectivity index (χ1v) is 7.25. The largest absolute Gasteiger partial charge is 0.481 e. The average molecular weight is 290 g/mol. The van der Waals surface area contributed by atoms with Gasteiger partial charge >= 0.3 is 12.0 Å². The zero-order valence-electron chi connectivity index (χ0n) is 12.5. The van der Waals surface area contributed by atoms with E-state index in [4.69, 9.17) is 0 Å². The van der Waals surface area contributed by atoms with Crippen LogP contribution in [0.2, 0.25) is 0 Å². The quantitative estimate of drug-likeness (QED) is 0.797. The Labute approximate surface area is 124 Å². The van der Waals surface area contributed by atoms with Crippen molar-refractivity contribution in [1.29, 1.82) is 0 Å². The fraction of sp³-hybridized carbons (Fsp3) is 0.500. The minimum absolute atomic E-state index is 0.309. The molecule has 1 aliphatic carbocycles. The standard InChI is InChI=1S/C16H22N2O3/c1-11-5-3-6-12(9-11)10-17-15(21)18-13-7-4-8-16(13,2)14(19)20/h3,5-6,9,13H,4,7-8,10H2,1-2H3,(H,19,20)(H2,17,18,21). The second kappa shape index (κ2) is 6.16. The van der Waals surface area contributed by atoms with Crippen molar-refractivity contribution < 1.29 is 14.7 Å². The van der Waals surface area contributed by atoms with Crippen LogP contribution in [-0.4, -0.2) is 23.1 Å². The molecule has 0 spiro atoms. The highest BCUT2D eigenvalue weighted by molar-refractivity contribution is 5.79. The predicted octanol–water partition coefficient (Wildman–Crippen LogP) is 2.44. The van der Waals surface area contributed by atoms with E-state index in [9.17, 15) is 14.7 Å². The Kier molecular flexibility index (Phi) is 4.50. The summed E-state index contributed by atoms with van der Waals surface area (Å²) >= 11 is 0. The summed E-state index contributed by atoms with van der Waals surface area (Å²) in [6.07, 6.45) is 2.14. The van der Waals surface area contributed by atoms with Gasteiger partial charge in [0.05, 0.1) is 5.41 Å². The van der Waals surface area contributed by atoms with Crippen LogP contribution in [0.4, 0.5) is 4.79 Å². The number of carboxylic acid groups (broad SMARTS) is 1. The Bertz CT molecular complexity index is 544. The Morgan fingerprint density at radius 2 is 2.19 bits per heavy atom. The van der Waals surface area contributed by atoms with Crippen LogP contribution in [0.25, 0.3) is 0 Å². The molecule has 1 fully saturated rings. The summed E-state index contributed by atoms with van der Waals surface area (Å²) in [6, 6.07) is 7.29. The van der Waals surface area contributed by atoms with Crippen molar-refractivity contribution >= 4 is 12.0 Å². The predicted molar refractivity (Wildman–Crippen MR) is 79.9 cm³/mol. The molecule has 2 atom stereocenters. The minimum atomic E-state index is -0.860. The lowest BCUT2D eigenvalue weighted by Gasteiger charge is -2.27. The first kappa shape index (κ1) is 15.4. The van der Waals surface area contributed by atoms with E-state index in [1.165, 1.54) is 0 Å². The van der Waals surface area contributed by atoms with Crippen molar-refractivity contribution in [3.63, 3.8) is 0 Å². The monoisotopic (exact) mass is 290 g/mol. The minimum Gasteiger partial charge on any atom is -0.481 e. The molecule has 5 nitrogen and oxygen atoms in total. The van der Waals surface area contributed by atoms with Gasteiger partial charge in [-0.05, 0) is 32.3 Å². The molecule has 1 aliphatic rings. The van der Waals surface area contributed by atoms with Crippen molar-refractivity contribution in [2.75, 3.05) is 0 Å². The molecule has 2 unspecified atom stereocenters. The third-order valence-electron chi connectivity index (χ3n) is 4.29. The molecule has 2 amide bonds. The van der Waals surface area contributed by atoms with Gasteiger partial charge in [-0.3, -0.25) is 4.79 Å². The van der Waals surface area contributed by atoms with Gasteiger partial charge in [0.15, 0.2) is 0 Å². The summed E-state index contributed by atoms with van der Waals surface area (Å²) < 4.78 is 0. The van der Waals surface area contributed by atoms with Crippen LogP contribution in [0.5, 0.6) is 0 Å². The fourth-order valence-electron chi connectivity index (χ4n) is 2.87. The molecule has 0 radical (unpaired) electrons. The molecule has 0 heterocycles. The summed E-state index contributed by atoms with van der Waals surface area (Å²) in [6.45, 7) is 4.14. The molecule has 1 aromatic rings. The lowest BCUT2D eigenvalue weighted by atomic mass is 9.85. The number of carbonyl (C=O) groups is 2. The van der Waals surface area contributed by atoms with Crippen molar-refractivity contribution in [2.24, 2.45) is 5.41 Å². The molecule has 1 aromatic carbocycles. The molecule has 3 N–H and O–H groups in total. The number of nitrogens with one attached hydrogen (secondary N) is 2. The van der Waals surface area contributed by atoms with E-state index in [1.807, 2.05) is 31.2 Å². The molecule has 0 bridgehead atoms. The highest BCUT2D eigenvalue weighted by Gasteiger charge is 2.45. The number of amides is 2. The number of carbonyl (C=O) groups excluding carboxylic acids is 1. The van der Waals surface area contributed by atoms with Gasteiger partial charge in [-0.2, -0.15) is 0 Å². The first-order chi connectivity index (χ1) is 9.91. The van der Waals surface area contributed by atoms with Crippen LogP contribution in [0, 0.1) is 12.3 Å². The number of hydrogen-bond acceptors (Lipinski definition) is 2. The number of aryl methyl sites for hydroxylation is 1. The van der Waals surface area contributed by atoms with Crippen molar-refractivity contribution in [1.82, 2.24) is 10.6 Å². The van der Waals surface area contributed by atoms with Crippen molar-refractivity contribution in [3.8, 4) is 0 Å². The number of benzene rings is 1. The molecule has 0 saturated heterocycles. The lowest BCUT2D eigenvalue weighted by molar-refractivity contribution is -0.148. The van der Waals surface area contributed by atoms with Gasteiger partial charge in [0, 0.05) is 12.6 Å². The summed E-state index contributed by atoms with van der Waals surface area (Å²) in [7, 11) is 0. The summed E-state index contributed by atoms with van der Waals surface area (Å²) in [5.41, 5.74) is 1.31. The first-order valence-electron chi connectivity index (χ1n) is 7.25. The maximum Gasteiger partial charge on any atom is 0.315 e. The topological polar surface area (TPSA) is 78.4 Å². The zero-order valence-corrected chi connectivity index (χ0v) is 12.5. The highest BCUT2D eigenvalue weighted by Crippen LogP contribution is 2.38. The summed E-state index contributed by atoms with van der Waals surface area (Å²) in [4.78, 5) is 23.3. The summed E-state index contributed by atoms with van der Waals surface area (Å²) in [5.74, 6) is -0.844. The van der Waals surface area contributed by atoms with Gasteiger partial charge in [0.2, 0.25) is 0 Å². The Morgan fingerprint density at radius 3 is 2.86 bits per heavy atom. The van der Waals surface area contributed by atoms with Crippen LogP contribution >= 0.6 is 0 Å². The van der Waals surface area contributed by atoms with E-state index in [0.717, 1.165) is 17.5 Å². The fourth-order valence-corrected chi connectivity index (χ4v) is 2.87. The molecular formula is C16H22N2O3. The van der Waals surface area contributed by atoms with Crippen LogP contribution in [0.15, 0.2) is 24.3 Å². The SMILES string of the molecule is Cc1cccc(CNC(=O)NC2CCCC2(C)C(=O)O)c1. The van der Waals surface area contributed by atoms with Gasteiger partial charge in [-0.25, -0.2) is 4.79 Å². The van der Waals surface area contributed by atoms with Gasteiger partial charge in [0.1, 0.15) is 0 Å². The van der Waals surface area contributed by atoms with E-state index in [2.05, 4.69) is 10.6 Å². The number of rotatable bonds is 4. The normalized spacial score (nSPS) is 24.6. The smallest absolute Gasteiger partial charge is 0.315 e. The molecule has 0 aliphatic heterocycles. The van der Waals surface area contributed by atoms with Gasteiger partial charge in [0.25, 0.3) is 0 Å². The van der Waals surface area contributed by atoms with Gasteiger partial charge in [-0.15, -0.1) is 0 Å². The number of aliphatic carboxylic acids is 1. The maximum absolute atomic E-state index is 12.0. The van der Waals surface area contributed by atoms with E-state index >= 15 is 0 Å². The van der Waals surface area contributed by atoms with E-state index in [-0.39, 0.29) is 12.1 Å². The Morgan fingerprint density at radius 1 is 1.43 bits per heavy atom. The number of hydrogen-bond donors (Lipinski definition) is 3. The van der Waals surface area contributed by atoms with Crippen LogP contribution in [0.1, 0.15) is 37.3 Å². The van der Waals surface area contributed by atoms with Crippen LogP contribution < -0.4 is 10.6 Å². The van der Waals surface area contributed by atoms with E-state index in [1.54, 1.807) is 6.92 Å². The molecule has 2 rings (SSSR count). The molecular weight excluding hydrogens is 268 g/mol. The van der Waals surface area contributed by atoms with E-state index < -0.39 is 11.4 Å². The maximum atomic E-state index is 12.0. The average Bonchev–Trinajstić information content (AvgIpc) is 2.79. The molecule has 5 heteroatoms. The van der Waals surface area contributed by atoms with Gasteiger partial charge < -0.3 is 15.7 Å². The molecule has 1 saturated carbocycles. The number of carboxylic acids is 1. The third-order valence-corrected chi connectivity index (χ3v) is 4.29. The van der Waals surface area contributed by atoms with Crippen molar-refractivity contribution in [2.45, 2.75) is 45.7 Å². The molecule has 0 aromatic heterocycles. The van der Waals surface area contributed by atoms with Crippen LogP contribution in [-0.2, 0) is 11.3 Å². The Balaban J connectivity index is 1.89. The second-order valence-electron chi connectivity index (χ2n) is 5.98. The molecule has 21 heavy (non-hydrogen) atoms. The number of urea groups is 1. The van der Waals surface area contributed by atoms with Gasteiger partial charge in [-0.1, -0.05) is 36.2 Å². The second-order valence-corrected chi connectivity index (χ2v) is 5.98. The van der Waals surface area contributed by atoms with Crippen molar-refractivity contribution in [3.05, 3.63) is 35.4 Å². The lowest BCUT2D eigenvalue weighted by Crippen LogP contribution is -2.50. The highest BCUT2D eigenvalue weighted by atomic mass is 16.4. The summed E-state index contributed by atoms with van der Waals surface area (Å²) in [5, 5.41) is 14.9. The zero-order chi connectivity index (χ0) is 15.5. The third kappa shape index (κ3) is 3.54. The van der Waals surface area contributed by atoms with Crippen LogP contribution in [0.3, 0.4) is 0 Å². The Hall–Kier alpha value is -2.04. The molecule has 114 valence electrons.